The quantitative estimate of drug-likeness (QED) is 0.332. The first-order valence-corrected chi connectivity index (χ1v) is 11.6. The molecular weight excluding hydrogens is 498 g/mol. The number of benzene rings is 1. The lowest BCUT2D eigenvalue weighted by molar-refractivity contribution is -0.142. The van der Waals surface area contributed by atoms with Gasteiger partial charge in [0.25, 0.3) is 5.56 Å². The Morgan fingerprint density at radius 1 is 1.31 bits per heavy atom. The number of esters is 1. The summed E-state index contributed by atoms with van der Waals surface area (Å²) in [6.07, 6.45) is 0.501. The molecule has 0 aliphatic carbocycles. The fourth-order valence-corrected chi connectivity index (χ4v) is 4.73. The van der Waals surface area contributed by atoms with E-state index in [2.05, 4.69) is 20.9 Å². The molecule has 0 amide bonds. The third-order valence-electron chi connectivity index (χ3n) is 4.82. The van der Waals surface area contributed by atoms with Crippen LogP contribution >= 0.6 is 27.7 Å². The Hall–Kier alpha value is -2.84. The minimum Gasteiger partial charge on any atom is -0.465 e. The molecule has 168 valence electrons. The highest BCUT2D eigenvalue weighted by Crippen LogP contribution is 2.29. The van der Waals surface area contributed by atoms with Crippen molar-refractivity contribution >= 4 is 44.8 Å². The minimum absolute atomic E-state index is 0.198. The van der Waals surface area contributed by atoms with Gasteiger partial charge >= 0.3 is 11.7 Å². The molecule has 1 unspecified atom stereocenters. The monoisotopic (exact) mass is 519 g/mol. The SMILES string of the molecule is CCOC(=O)C(CC)Sc1nc2c(c(=O)n(CC#N)c(=O)n2C)n1Cc1cccc(Br)c1. The lowest BCUT2D eigenvalue weighted by atomic mass is 10.2. The topological polar surface area (TPSA) is 112 Å². The van der Waals surface area contributed by atoms with Crippen molar-refractivity contribution in [1.29, 1.82) is 5.26 Å². The molecule has 0 bridgehead atoms. The molecule has 2 heterocycles. The summed E-state index contributed by atoms with van der Waals surface area (Å²) in [7, 11) is 1.51. The van der Waals surface area contributed by atoms with Gasteiger partial charge in [-0.05, 0) is 31.0 Å². The van der Waals surface area contributed by atoms with Crippen LogP contribution in [0.3, 0.4) is 0 Å². The molecule has 9 nitrogen and oxygen atoms in total. The molecule has 0 aliphatic heterocycles. The fourth-order valence-electron chi connectivity index (χ4n) is 3.28. The van der Waals surface area contributed by atoms with E-state index in [-0.39, 0.29) is 36.8 Å². The molecule has 3 aromatic rings. The summed E-state index contributed by atoms with van der Waals surface area (Å²) < 4.78 is 9.88. The zero-order valence-electron chi connectivity index (χ0n) is 17.9. The highest BCUT2D eigenvalue weighted by molar-refractivity contribution is 9.10. The van der Waals surface area contributed by atoms with Crippen molar-refractivity contribution in [2.24, 2.45) is 7.05 Å². The second-order valence-corrected chi connectivity index (χ2v) is 9.03. The third kappa shape index (κ3) is 4.66. The standard InChI is InChI=1S/C21H22BrN5O4S/c1-4-15(19(29)31-5-2)32-20-24-17-16(18(28)26(10-9-23)21(30)25(17)3)27(20)12-13-7-6-8-14(22)11-13/h6-8,11,15H,4-5,10,12H2,1-3H3. The molecule has 1 aromatic carbocycles. The summed E-state index contributed by atoms with van der Waals surface area (Å²) in [6, 6.07) is 9.45. The van der Waals surface area contributed by atoms with E-state index in [1.54, 1.807) is 11.5 Å². The van der Waals surface area contributed by atoms with Crippen LogP contribution in [0.2, 0.25) is 0 Å². The van der Waals surface area contributed by atoms with E-state index in [0.717, 1.165) is 14.6 Å². The number of imidazole rings is 1. The predicted molar refractivity (Wildman–Crippen MR) is 125 cm³/mol. The Bertz CT molecular complexity index is 1320. The molecule has 0 N–H and O–H groups in total. The van der Waals surface area contributed by atoms with Gasteiger partial charge in [0.2, 0.25) is 0 Å². The van der Waals surface area contributed by atoms with Gasteiger partial charge in [0.15, 0.2) is 16.3 Å². The van der Waals surface area contributed by atoms with Gasteiger partial charge in [-0.15, -0.1) is 0 Å². The molecule has 3 rings (SSSR count). The number of ether oxygens (including phenoxy) is 1. The van der Waals surface area contributed by atoms with Crippen molar-refractivity contribution in [3.8, 4) is 6.07 Å². The van der Waals surface area contributed by atoms with Crippen LogP contribution in [0.25, 0.3) is 11.2 Å². The highest BCUT2D eigenvalue weighted by Gasteiger charge is 2.26. The predicted octanol–water partition coefficient (Wildman–Crippen LogP) is 2.66. The van der Waals surface area contributed by atoms with Crippen LogP contribution in [0.4, 0.5) is 0 Å². The normalized spacial score (nSPS) is 12.0. The van der Waals surface area contributed by atoms with Gasteiger partial charge < -0.3 is 9.30 Å². The first kappa shape index (κ1) is 23.8. The largest absolute Gasteiger partial charge is 0.465 e. The molecule has 2 aromatic heterocycles. The molecule has 0 spiro atoms. The van der Waals surface area contributed by atoms with Gasteiger partial charge in [0.1, 0.15) is 11.8 Å². The Labute approximate surface area is 196 Å². The molecule has 11 heteroatoms. The van der Waals surface area contributed by atoms with E-state index < -0.39 is 16.5 Å². The molecule has 0 saturated carbocycles. The van der Waals surface area contributed by atoms with E-state index in [1.165, 1.54) is 23.4 Å². The molecular formula is C21H22BrN5O4S. The van der Waals surface area contributed by atoms with Gasteiger partial charge in [0.05, 0.1) is 19.2 Å². The average Bonchev–Trinajstić information content (AvgIpc) is 3.11. The summed E-state index contributed by atoms with van der Waals surface area (Å²) in [5.41, 5.74) is 0.0760. The molecule has 0 aliphatic rings. The first-order valence-electron chi connectivity index (χ1n) is 9.97. The molecule has 1 atom stereocenters. The van der Waals surface area contributed by atoms with Crippen LogP contribution < -0.4 is 11.2 Å². The van der Waals surface area contributed by atoms with E-state index in [4.69, 9.17) is 10.00 Å². The first-order chi connectivity index (χ1) is 15.3. The van der Waals surface area contributed by atoms with Crippen LogP contribution in [-0.4, -0.2) is 36.5 Å². The number of aromatic nitrogens is 4. The van der Waals surface area contributed by atoms with Crippen molar-refractivity contribution in [2.75, 3.05) is 6.61 Å². The molecule has 0 saturated heterocycles. The maximum atomic E-state index is 13.2. The number of carbonyl (C=O) groups excluding carboxylic acids is 1. The number of hydrogen-bond donors (Lipinski definition) is 0. The summed E-state index contributed by atoms with van der Waals surface area (Å²) in [5.74, 6) is -0.364. The number of hydrogen-bond acceptors (Lipinski definition) is 7. The maximum absolute atomic E-state index is 13.2. The number of carbonyl (C=O) groups is 1. The van der Waals surface area contributed by atoms with Crippen molar-refractivity contribution < 1.29 is 9.53 Å². The summed E-state index contributed by atoms with van der Waals surface area (Å²) in [5, 5.41) is 8.99. The summed E-state index contributed by atoms with van der Waals surface area (Å²) in [4.78, 5) is 42.8. The zero-order chi connectivity index (χ0) is 23.4. The van der Waals surface area contributed by atoms with E-state index in [0.29, 0.717) is 11.6 Å². The minimum atomic E-state index is -0.620. The van der Waals surface area contributed by atoms with Crippen LogP contribution in [0, 0.1) is 11.3 Å². The second kappa shape index (κ2) is 10.2. The van der Waals surface area contributed by atoms with Crippen LogP contribution in [0.5, 0.6) is 0 Å². The van der Waals surface area contributed by atoms with Gasteiger partial charge in [-0.2, -0.15) is 5.26 Å². The molecule has 0 radical (unpaired) electrons. The smallest absolute Gasteiger partial charge is 0.333 e. The molecule has 0 fully saturated rings. The van der Waals surface area contributed by atoms with Crippen molar-refractivity contribution in [2.45, 2.75) is 43.8 Å². The van der Waals surface area contributed by atoms with Crippen LogP contribution in [0.1, 0.15) is 25.8 Å². The Morgan fingerprint density at radius 2 is 2.06 bits per heavy atom. The lowest BCUT2D eigenvalue weighted by Gasteiger charge is -2.14. The van der Waals surface area contributed by atoms with Gasteiger partial charge in [-0.1, -0.05) is 46.7 Å². The maximum Gasteiger partial charge on any atom is 0.333 e. The highest BCUT2D eigenvalue weighted by atomic mass is 79.9. The zero-order valence-corrected chi connectivity index (χ0v) is 20.3. The Kier molecular flexibility index (Phi) is 7.58. The average molecular weight is 520 g/mol. The van der Waals surface area contributed by atoms with E-state index in [9.17, 15) is 14.4 Å². The summed E-state index contributed by atoms with van der Waals surface area (Å²) in [6.45, 7) is 3.79. The van der Waals surface area contributed by atoms with Gasteiger partial charge in [-0.3, -0.25) is 14.2 Å². The van der Waals surface area contributed by atoms with Crippen molar-refractivity contribution in [1.82, 2.24) is 18.7 Å². The second-order valence-electron chi connectivity index (χ2n) is 6.94. The molecule has 32 heavy (non-hydrogen) atoms. The number of thioether (sulfide) groups is 1. The number of halogens is 1. The number of nitriles is 1. The number of fused-ring (bicyclic) bond motifs is 1. The van der Waals surface area contributed by atoms with Crippen molar-refractivity contribution in [3.05, 3.63) is 55.1 Å². The van der Waals surface area contributed by atoms with Crippen LogP contribution in [0.15, 0.2) is 43.5 Å². The van der Waals surface area contributed by atoms with Crippen LogP contribution in [-0.2, 0) is 29.7 Å². The summed E-state index contributed by atoms with van der Waals surface area (Å²) >= 11 is 4.64. The van der Waals surface area contributed by atoms with Gasteiger partial charge in [0, 0.05) is 11.5 Å². The van der Waals surface area contributed by atoms with E-state index in [1.807, 2.05) is 37.3 Å². The number of aryl methyl sites for hydroxylation is 1. The van der Waals surface area contributed by atoms with Gasteiger partial charge in [-0.25, -0.2) is 14.3 Å². The Morgan fingerprint density at radius 3 is 2.69 bits per heavy atom. The lowest BCUT2D eigenvalue weighted by Crippen LogP contribution is -2.39. The third-order valence-corrected chi connectivity index (χ3v) is 6.65. The van der Waals surface area contributed by atoms with Crippen molar-refractivity contribution in [3.63, 3.8) is 0 Å². The number of nitrogens with zero attached hydrogens (tertiary/aromatic N) is 5. The number of rotatable bonds is 8. The Balaban J connectivity index is 2.25. The fraction of sp³-hybridized carbons (Fsp3) is 0.381. The van der Waals surface area contributed by atoms with E-state index >= 15 is 0 Å².